The van der Waals surface area contributed by atoms with Gasteiger partial charge in [-0.15, -0.1) is 0 Å². The first kappa shape index (κ1) is 15.5. The lowest BCUT2D eigenvalue weighted by atomic mass is 9.82. The van der Waals surface area contributed by atoms with Crippen LogP contribution in [0.15, 0.2) is 0 Å². The number of carbonyl (C=O) groups is 1. The van der Waals surface area contributed by atoms with Crippen LogP contribution in [0.4, 0.5) is 0 Å². The maximum absolute atomic E-state index is 12.3. The molecule has 3 nitrogen and oxygen atoms in total. The summed E-state index contributed by atoms with van der Waals surface area (Å²) >= 11 is 0. The van der Waals surface area contributed by atoms with Crippen LogP contribution < -0.4 is 11.1 Å². The lowest BCUT2D eigenvalue weighted by Crippen LogP contribution is -2.56. The van der Waals surface area contributed by atoms with E-state index in [0.29, 0.717) is 24.8 Å². The molecule has 0 aromatic heterocycles. The normalized spacial score (nSPS) is 19.6. The molecule has 1 atom stereocenters. The number of nitrogens with one attached hydrogen (secondary N) is 1. The fourth-order valence-corrected chi connectivity index (χ4v) is 2.97. The monoisotopic (exact) mass is 254 g/mol. The Kier molecular flexibility index (Phi) is 6.13. The van der Waals surface area contributed by atoms with Crippen molar-refractivity contribution in [1.29, 1.82) is 0 Å². The molecule has 0 bridgehead atoms. The molecule has 1 aliphatic carbocycles. The number of hydrogen-bond donors (Lipinski definition) is 2. The second-order valence-corrected chi connectivity index (χ2v) is 5.75. The average molecular weight is 254 g/mol. The van der Waals surface area contributed by atoms with Gasteiger partial charge < -0.3 is 11.1 Å². The Labute approximate surface area is 112 Å². The fraction of sp³-hybridized carbons (Fsp3) is 0.933. The van der Waals surface area contributed by atoms with Crippen molar-refractivity contribution in [2.75, 3.05) is 0 Å². The highest BCUT2D eigenvalue weighted by atomic mass is 16.2. The summed E-state index contributed by atoms with van der Waals surface area (Å²) in [5.74, 6) is 0.704. The molecule has 0 aliphatic heterocycles. The first-order valence-corrected chi connectivity index (χ1v) is 7.67. The largest absolute Gasteiger partial charge is 0.352 e. The third-order valence-corrected chi connectivity index (χ3v) is 4.69. The van der Waals surface area contributed by atoms with Crippen LogP contribution in [-0.4, -0.2) is 17.5 Å². The van der Waals surface area contributed by atoms with E-state index in [1.54, 1.807) is 0 Å². The average Bonchev–Trinajstić information content (AvgIpc) is 2.44. The third-order valence-electron chi connectivity index (χ3n) is 4.69. The maximum Gasteiger partial charge on any atom is 0.240 e. The van der Waals surface area contributed by atoms with E-state index in [1.807, 2.05) is 13.8 Å². The highest BCUT2D eigenvalue weighted by molar-refractivity contribution is 5.86. The summed E-state index contributed by atoms with van der Waals surface area (Å²) in [6.45, 7) is 6.14. The van der Waals surface area contributed by atoms with Crippen molar-refractivity contribution < 1.29 is 4.79 Å². The van der Waals surface area contributed by atoms with Gasteiger partial charge in [0.15, 0.2) is 0 Å². The number of rotatable bonds is 6. The summed E-state index contributed by atoms with van der Waals surface area (Å²) in [6.07, 6.45) is 8.92. The summed E-state index contributed by atoms with van der Waals surface area (Å²) in [5.41, 5.74) is 5.48. The number of amides is 1. The molecule has 18 heavy (non-hydrogen) atoms. The van der Waals surface area contributed by atoms with Crippen LogP contribution in [-0.2, 0) is 4.79 Å². The molecule has 1 aliphatic rings. The zero-order valence-electron chi connectivity index (χ0n) is 12.3. The molecule has 1 unspecified atom stereocenters. The Morgan fingerprint density at radius 1 is 1.22 bits per heavy atom. The van der Waals surface area contributed by atoms with Crippen LogP contribution in [0.1, 0.15) is 72.1 Å². The van der Waals surface area contributed by atoms with Gasteiger partial charge in [0.05, 0.1) is 5.54 Å². The van der Waals surface area contributed by atoms with Crippen LogP contribution in [0.25, 0.3) is 0 Å². The Morgan fingerprint density at radius 3 is 2.22 bits per heavy atom. The first-order chi connectivity index (χ1) is 8.57. The minimum Gasteiger partial charge on any atom is -0.352 e. The first-order valence-electron chi connectivity index (χ1n) is 7.67. The molecule has 3 heteroatoms. The van der Waals surface area contributed by atoms with Crippen molar-refractivity contribution in [2.24, 2.45) is 11.7 Å². The Morgan fingerprint density at radius 2 is 1.78 bits per heavy atom. The van der Waals surface area contributed by atoms with Gasteiger partial charge in [-0.25, -0.2) is 0 Å². The zero-order chi connectivity index (χ0) is 13.6. The van der Waals surface area contributed by atoms with E-state index in [9.17, 15) is 4.79 Å². The van der Waals surface area contributed by atoms with Gasteiger partial charge in [-0.3, -0.25) is 4.79 Å². The van der Waals surface area contributed by atoms with Gasteiger partial charge in [0, 0.05) is 6.04 Å². The summed E-state index contributed by atoms with van der Waals surface area (Å²) in [5, 5.41) is 3.21. The Balaban J connectivity index is 2.59. The lowest BCUT2D eigenvalue weighted by Gasteiger charge is -2.34. The molecule has 0 radical (unpaired) electrons. The Hall–Kier alpha value is -0.570. The quantitative estimate of drug-likeness (QED) is 0.765. The van der Waals surface area contributed by atoms with Crippen LogP contribution in [0.2, 0.25) is 0 Å². The SMILES string of the molecule is CCC(NC(=O)C(N)(CC)CC)C1CCCCC1. The smallest absolute Gasteiger partial charge is 0.240 e. The molecule has 1 amide bonds. The van der Waals surface area contributed by atoms with Crippen molar-refractivity contribution in [2.45, 2.75) is 83.7 Å². The van der Waals surface area contributed by atoms with Crippen molar-refractivity contribution in [3.8, 4) is 0 Å². The fourth-order valence-electron chi connectivity index (χ4n) is 2.97. The van der Waals surface area contributed by atoms with Crippen LogP contribution >= 0.6 is 0 Å². The molecule has 0 aromatic rings. The molecule has 0 spiro atoms. The van der Waals surface area contributed by atoms with E-state index >= 15 is 0 Å². The molecule has 106 valence electrons. The standard InChI is InChI=1S/C15H30N2O/c1-4-13(12-10-8-7-9-11-12)17-14(18)15(16,5-2)6-3/h12-13H,4-11,16H2,1-3H3,(H,17,18). The van der Waals surface area contributed by atoms with E-state index in [0.717, 1.165) is 6.42 Å². The maximum atomic E-state index is 12.3. The number of nitrogens with two attached hydrogens (primary N) is 1. The molecule has 0 aromatic carbocycles. The van der Waals surface area contributed by atoms with Crippen molar-refractivity contribution in [3.63, 3.8) is 0 Å². The van der Waals surface area contributed by atoms with Crippen molar-refractivity contribution >= 4 is 5.91 Å². The molecular weight excluding hydrogens is 224 g/mol. The second kappa shape index (κ2) is 7.13. The van der Waals surface area contributed by atoms with E-state index in [-0.39, 0.29) is 5.91 Å². The summed E-state index contributed by atoms with van der Waals surface area (Å²) in [7, 11) is 0. The summed E-state index contributed by atoms with van der Waals surface area (Å²) in [4.78, 5) is 12.3. The van der Waals surface area contributed by atoms with Crippen LogP contribution in [0, 0.1) is 5.92 Å². The minimum absolute atomic E-state index is 0.0462. The van der Waals surface area contributed by atoms with Crippen molar-refractivity contribution in [3.05, 3.63) is 0 Å². The number of hydrogen-bond acceptors (Lipinski definition) is 2. The molecule has 1 rings (SSSR count). The predicted molar refractivity (Wildman–Crippen MR) is 76.3 cm³/mol. The molecule has 1 fully saturated rings. The zero-order valence-corrected chi connectivity index (χ0v) is 12.3. The van der Waals surface area contributed by atoms with Gasteiger partial charge in [-0.1, -0.05) is 40.0 Å². The van der Waals surface area contributed by atoms with E-state index in [1.165, 1.54) is 32.1 Å². The summed E-state index contributed by atoms with van der Waals surface area (Å²) in [6, 6.07) is 0.318. The van der Waals surface area contributed by atoms with Gasteiger partial charge in [0.25, 0.3) is 0 Å². The molecule has 0 heterocycles. The minimum atomic E-state index is -0.678. The Bertz CT molecular complexity index is 255. The third kappa shape index (κ3) is 3.71. The van der Waals surface area contributed by atoms with Crippen molar-refractivity contribution in [1.82, 2.24) is 5.32 Å². The van der Waals surface area contributed by atoms with Crippen LogP contribution in [0.3, 0.4) is 0 Å². The molecule has 3 N–H and O–H groups in total. The highest BCUT2D eigenvalue weighted by Crippen LogP contribution is 2.28. The second-order valence-electron chi connectivity index (χ2n) is 5.75. The lowest BCUT2D eigenvalue weighted by molar-refractivity contribution is -0.127. The highest BCUT2D eigenvalue weighted by Gasteiger charge is 2.33. The van der Waals surface area contributed by atoms with Crippen LogP contribution in [0.5, 0.6) is 0 Å². The topological polar surface area (TPSA) is 55.1 Å². The van der Waals surface area contributed by atoms with E-state index < -0.39 is 5.54 Å². The van der Waals surface area contributed by atoms with Gasteiger partial charge >= 0.3 is 0 Å². The van der Waals surface area contributed by atoms with Gasteiger partial charge in [0.1, 0.15) is 0 Å². The predicted octanol–water partition coefficient (Wildman–Crippen LogP) is 2.98. The molecule has 1 saturated carbocycles. The van der Waals surface area contributed by atoms with Gasteiger partial charge in [-0.05, 0) is 38.0 Å². The molecule has 0 saturated heterocycles. The molecular formula is C15H30N2O. The van der Waals surface area contributed by atoms with Gasteiger partial charge in [-0.2, -0.15) is 0 Å². The van der Waals surface area contributed by atoms with E-state index in [4.69, 9.17) is 5.73 Å². The van der Waals surface area contributed by atoms with E-state index in [2.05, 4.69) is 12.2 Å². The van der Waals surface area contributed by atoms with Gasteiger partial charge in [0.2, 0.25) is 5.91 Å². The summed E-state index contributed by atoms with van der Waals surface area (Å²) < 4.78 is 0. The number of carbonyl (C=O) groups excluding carboxylic acids is 1.